The average Bonchev–Trinajstić information content (AvgIpc) is 2.38. The van der Waals surface area contributed by atoms with Crippen LogP contribution in [0.3, 0.4) is 0 Å². The van der Waals surface area contributed by atoms with Crippen molar-refractivity contribution >= 4 is 26.4 Å². The van der Waals surface area contributed by atoms with Gasteiger partial charge in [-0.15, -0.1) is 11.3 Å². The number of hydrogen-bond acceptors (Lipinski definition) is 2. The van der Waals surface area contributed by atoms with Crippen LogP contribution in [0.5, 0.6) is 0 Å². The molecule has 1 aromatic carbocycles. The van der Waals surface area contributed by atoms with Gasteiger partial charge < -0.3 is 5.73 Å². The zero-order valence-electron chi connectivity index (χ0n) is 6.93. The molecule has 1 nitrogen and oxygen atoms in total. The van der Waals surface area contributed by atoms with Crippen LogP contribution in [0.2, 0.25) is 0 Å². The fourth-order valence-electron chi connectivity index (χ4n) is 1.36. The van der Waals surface area contributed by atoms with E-state index in [1.807, 2.05) is 0 Å². The topological polar surface area (TPSA) is 26.0 Å². The van der Waals surface area contributed by atoms with Crippen LogP contribution in [0.1, 0.15) is 5.56 Å². The monoisotopic (exact) mass is 217 g/mol. The fourth-order valence-corrected chi connectivity index (χ4v) is 2.35. The van der Waals surface area contributed by atoms with E-state index in [1.165, 1.54) is 6.07 Å². The summed E-state index contributed by atoms with van der Waals surface area (Å²) in [6.45, 7) is 0. The molecular formula is C9H6F3NS. The molecular weight excluding hydrogens is 211 g/mol. The van der Waals surface area contributed by atoms with Gasteiger partial charge in [-0.25, -0.2) is 0 Å². The Labute approximate surface area is 82.0 Å². The van der Waals surface area contributed by atoms with Crippen molar-refractivity contribution in [2.45, 2.75) is 6.18 Å². The summed E-state index contributed by atoms with van der Waals surface area (Å²) in [5.41, 5.74) is 4.63. The van der Waals surface area contributed by atoms with Gasteiger partial charge in [0, 0.05) is 10.1 Å². The highest BCUT2D eigenvalue weighted by Gasteiger charge is 2.36. The highest BCUT2D eigenvalue weighted by atomic mass is 32.1. The highest BCUT2D eigenvalue weighted by molar-refractivity contribution is 7.22. The van der Waals surface area contributed by atoms with Crippen molar-refractivity contribution in [3.05, 3.63) is 29.8 Å². The van der Waals surface area contributed by atoms with E-state index in [4.69, 9.17) is 5.73 Å². The van der Waals surface area contributed by atoms with Crippen molar-refractivity contribution in [3.8, 4) is 0 Å². The first kappa shape index (κ1) is 9.33. The van der Waals surface area contributed by atoms with Crippen LogP contribution >= 0.6 is 11.3 Å². The first-order chi connectivity index (χ1) is 6.50. The van der Waals surface area contributed by atoms with Crippen molar-refractivity contribution in [1.29, 1.82) is 0 Å². The molecule has 0 spiro atoms. The molecule has 1 aromatic heterocycles. The summed E-state index contributed by atoms with van der Waals surface area (Å²) < 4.78 is 38.2. The number of rotatable bonds is 0. The van der Waals surface area contributed by atoms with Gasteiger partial charge in [0.25, 0.3) is 0 Å². The summed E-state index contributed by atoms with van der Waals surface area (Å²) in [6, 6.07) is 6.33. The minimum absolute atomic E-state index is 0.168. The lowest BCUT2D eigenvalue weighted by molar-refractivity contribution is -0.135. The standard InChI is InChI=1S/C9H6F3NS/c10-9(11,12)7-5-3-1-2-4-6(5)14-8(7)13/h1-4H,13H2. The molecule has 0 saturated heterocycles. The molecule has 2 N–H and O–H groups in total. The molecule has 0 bridgehead atoms. The van der Waals surface area contributed by atoms with E-state index in [-0.39, 0.29) is 10.4 Å². The Balaban J connectivity index is 2.81. The normalized spacial score (nSPS) is 12.2. The molecule has 14 heavy (non-hydrogen) atoms. The van der Waals surface area contributed by atoms with Crippen LogP contribution < -0.4 is 5.73 Å². The van der Waals surface area contributed by atoms with E-state index in [9.17, 15) is 13.2 Å². The van der Waals surface area contributed by atoms with E-state index < -0.39 is 11.7 Å². The van der Waals surface area contributed by atoms with Gasteiger partial charge in [-0.05, 0) is 6.07 Å². The molecule has 5 heteroatoms. The number of benzene rings is 1. The molecule has 0 aliphatic heterocycles. The predicted octanol–water partition coefficient (Wildman–Crippen LogP) is 3.50. The molecule has 74 valence electrons. The van der Waals surface area contributed by atoms with Crippen LogP contribution in [0.25, 0.3) is 10.1 Å². The second kappa shape index (κ2) is 2.88. The van der Waals surface area contributed by atoms with Gasteiger partial charge in [0.15, 0.2) is 0 Å². The maximum absolute atomic E-state index is 12.5. The Morgan fingerprint density at radius 2 is 1.79 bits per heavy atom. The third-order valence-electron chi connectivity index (χ3n) is 1.91. The van der Waals surface area contributed by atoms with Crippen molar-refractivity contribution in [3.63, 3.8) is 0 Å². The lowest BCUT2D eigenvalue weighted by Crippen LogP contribution is -2.06. The van der Waals surface area contributed by atoms with Gasteiger partial charge >= 0.3 is 6.18 Å². The summed E-state index contributed by atoms with van der Waals surface area (Å²) in [6.07, 6.45) is -4.37. The number of halogens is 3. The molecule has 0 atom stereocenters. The van der Waals surface area contributed by atoms with Crippen molar-refractivity contribution in [2.24, 2.45) is 0 Å². The average molecular weight is 217 g/mol. The van der Waals surface area contributed by atoms with Crippen LogP contribution in [0.15, 0.2) is 24.3 Å². The molecule has 0 saturated carbocycles. The molecule has 0 radical (unpaired) electrons. The zero-order chi connectivity index (χ0) is 10.3. The second-order valence-electron chi connectivity index (χ2n) is 2.84. The molecule has 2 aromatic rings. The van der Waals surface area contributed by atoms with Crippen molar-refractivity contribution in [2.75, 3.05) is 5.73 Å². The molecule has 0 aliphatic rings. The Morgan fingerprint density at radius 3 is 2.43 bits per heavy atom. The van der Waals surface area contributed by atoms with E-state index >= 15 is 0 Å². The van der Waals surface area contributed by atoms with Crippen LogP contribution in [0.4, 0.5) is 18.2 Å². The van der Waals surface area contributed by atoms with Crippen LogP contribution in [-0.2, 0) is 6.18 Å². The number of nitrogens with two attached hydrogens (primary N) is 1. The summed E-state index contributed by atoms with van der Waals surface area (Å²) in [5.74, 6) is 0. The molecule has 0 fully saturated rings. The number of hydrogen-bond donors (Lipinski definition) is 1. The third-order valence-corrected chi connectivity index (χ3v) is 2.91. The Bertz CT molecular complexity index is 472. The van der Waals surface area contributed by atoms with E-state index in [2.05, 4.69) is 0 Å². The minimum Gasteiger partial charge on any atom is -0.390 e. The van der Waals surface area contributed by atoms with Crippen LogP contribution in [0, 0.1) is 0 Å². The third kappa shape index (κ3) is 1.33. The summed E-state index contributed by atoms with van der Waals surface area (Å²) in [5, 5.41) is 0.0150. The molecule has 0 amide bonds. The molecule has 1 heterocycles. The quantitative estimate of drug-likeness (QED) is 0.718. The van der Waals surface area contributed by atoms with Gasteiger partial charge in [-0.2, -0.15) is 13.2 Å². The second-order valence-corrected chi connectivity index (χ2v) is 3.92. The van der Waals surface area contributed by atoms with Gasteiger partial charge in [-0.3, -0.25) is 0 Å². The smallest absolute Gasteiger partial charge is 0.390 e. The van der Waals surface area contributed by atoms with E-state index in [1.54, 1.807) is 18.2 Å². The number of anilines is 1. The van der Waals surface area contributed by atoms with E-state index in [0.29, 0.717) is 4.70 Å². The Kier molecular flexibility index (Phi) is 1.92. The van der Waals surface area contributed by atoms with E-state index in [0.717, 1.165) is 11.3 Å². The first-order valence-electron chi connectivity index (χ1n) is 3.84. The predicted molar refractivity (Wildman–Crippen MR) is 51.2 cm³/mol. The lowest BCUT2D eigenvalue weighted by Gasteiger charge is -2.05. The van der Waals surface area contributed by atoms with Crippen molar-refractivity contribution in [1.82, 2.24) is 0 Å². The number of thiophene rings is 1. The Hall–Kier alpha value is -1.23. The van der Waals surface area contributed by atoms with Gasteiger partial charge in [0.05, 0.1) is 10.6 Å². The molecule has 0 unspecified atom stereocenters. The largest absolute Gasteiger partial charge is 0.419 e. The van der Waals surface area contributed by atoms with Gasteiger partial charge in [0.2, 0.25) is 0 Å². The summed E-state index contributed by atoms with van der Waals surface area (Å²) in [7, 11) is 0. The zero-order valence-corrected chi connectivity index (χ0v) is 7.75. The Morgan fingerprint density at radius 1 is 1.14 bits per heavy atom. The number of alkyl halides is 3. The first-order valence-corrected chi connectivity index (χ1v) is 4.66. The summed E-state index contributed by atoms with van der Waals surface area (Å²) >= 11 is 0.963. The highest BCUT2D eigenvalue weighted by Crippen LogP contribution is 2.43. The SMILES string of the molecule is Nc1sc2ccccc2c1C(F)(F)F. The lowest BCUT2D eigenvalue weighted by atomic mass is 10.1. The van der Waals surface area contributed by atoms with Gasteiger partial charge in [0.1, 0.15) is 0 Å². The van der Waals surface area contributed by atoms with Crippen molar-refractivity contribution < 1.29 is 13.2 Å². The molecule has 0 aliphatic carbocycles. The maximum atomic E-state index is 12.5. The number of fused-ring (bicyclic) bond motifs is 1. The number of nitrogen functional groups attached to an aromatic ring is 1. The molecule has 2 rings (SSSR count). The van der Waals surface area contributed by atoms with Crippen LogP contribution in [-0.4, -0.2) is 0 Å². The summed E-state index contributed by atoms with van der Waals surface area (Å²) in [4.78, 5) is 0. The minimum atomic E-state index is -4.37. The van der Waals surface area contributed by atoms with Gasteiger partial charge in [-0.1, -0.05) is 18.2 Å². The maximum Gasteiger partial charge on any atom is 0.419 e. The fraction of sp³-hybridized carbons (Fsp3) is 0.111.